The Bertz CT molecular complexity index is 715. The summed E-state index contributed by atoms with van der Waals surface area (Å²) in [7, 11) is -2.17. The van der Waals surface area contributed by atoms with Gasteiger partial charge in [0.15, 0.2) is 0 Å². The number of nitrogens with zero attached hydrogens (tertiary/aromatic N) is 1. The first kappa shape index (κ1) is 17.1. The smallest absolute Gasteiger partial charge is 0.243 e. The lowest BCUT2D eigenvalue weighted by Crippen LogP contribution is -2.31. The maximum Gasteiger partial charge on any atom is 0.243 e. The van der Waals surface area contributed by atoms with Gasteiger partial charge in [-0.2, -0.15) is 4.31 Å². The van der Waals surface area contributed by atoms with E-state index in [1.54, 1.807) is 0 Å². The van der Waals surface area contributed by atoms with Crippen molar-refractivity contribution in [2.45, 2.75) is 4.90 Å². The zero-order valence-electron chi connectivity index (χ0n) is 11.9. The van der Waals surface area contributed by atoms with Crippen LogP contribution in [0.15, 0.2) is 53.4 Å². The Hall–Kier alpha value is -1.27. The number of halogens is 2. The lowest BCUT2D eigenvalue weighted by Gasteiger charge is -2.18. The van der Waals surface area contributed by atoms with Crippen molar-refractivity contribution in [3.05, 3.63) is 58.6 Å². The summed E-state index contributed by atoms with van der Waals surface area (Å²) >= 11 is 11.7. The van der Waals surface area contributed by atoms with Gasteiger partial charge in [0.1, 0.15) is 12.4 Å². The van der Waals surface area contributed by atoms with Gasteiger partial charge in [0, 0.05) is 23.6 Å². The quantitative estimate of drug-likeness (QED) is 0.789. The third-order valence-corrected chi connectivity index (χ3v) is 5.23. The molecule has 0 N–H and O–H groups in total. The second kappa shape index (κ2) is 7.33. The molecule has 2 rings (SSSR count). The van der Waals surface area contributed by atoms with Crippen molar-refractivity contribution in [3.8, 4) is 5.75 Å². The number of rotatable bonds is 6. The molecule has 0 amide bonds. The minimum atomic E-state index is -3.65. The predicted octanol–water partition coefficient (Wildman–Crippen LogP) is 3.69. The average Bonchev–Trinajstić information content (AvgIpc) is 2.47. The van der Waals surface area contributed by atoms with Gasteiger partial charge in [0.05, 0.1) is 4.90 Å². The molecule has 7 heteroatoms. The summed E-state index contributed by atoms with van der Waals surface area (Å²) in [5.74, 6) is 0.694. The number of para-hydroxylation sites is 1. The van der Waals surface area contributed by atoms with Crippen molar-refractivity contribution in [1.82, 2.24) is 4.31 Å². The van der Waals surface area contributed by atoms with E-state index >= 15 is 0 Å². The second-order valence-corrected chi connectivity index (χ2v) is 7.51. The number of likely N-dealkylation sites (N-methyl/N-ethyl adjacent to an activating group) is 1. The first-order valence-electron chi connectivity index (χ1n) is 6.50. The van der Waals surface area contributed by atoms with Crippen LogP contribution in [0, 0.1) is 0 Å². The Morgan fingerprint density at radius 1 is 1.05 bits per heavy atom. The third kappa shape index (κ3) is 4.36. The summed E-state index contributed by atoms with van der Waals surface area (Å²) in [6, 6.07) is 13.4. The molecule has 0 aromatic heterocycles. The van der Waals surface area contributed by atoms with Crippen LogP contribution < -0.4 is 4.74 Å². The van der Waals surface area contributed by atoms with E-state index in [-0.39, 0.29) is 28.1 Å². The zero-order valence-corrected chi connectivity index (χ0v) is 14.2. The van der Waals surface area contributed by atoms with Gasteiger partial charge in [0.2, 0.25) is 10.0 Å². The van der Waals surface area contributed by atoms with E-state index in [2.05, 4.69) is 0 Å². The molecule has 2 aromatic rings. The van der Waals surface area contributed by atoms with Gasteiger partial charge in [-0.05, 0) is 30.3 Å². The van der Waals surface area contributed by atoms with E-state index < -0.39 is 10.0 Å². The van der Waals surface area contributed by atoms with E-state index in [9.17, 15) is 8.42 Å². The molecule has 0 saturated carbocycles. The van der Waals surface area contributed by atoms with Gasteiger partial charge in [-0.25, -0.2) is 8.42 Å². The highest BCUT2D eigenvalue weighted by molar-refractivity contribution is 7.89. The number of hydrogen-bond donors (Lipinski definition) is 0. The fraction of sp³-hybridized carbons (Fsp3) is 0.200. The number of ether oxygens (including phenoxy) is 1. The molecule has 0 radical (unpaired) electrons. The highest BCUT2D eigenvalue weighted by Crippen LogP contribution is 2.24. The van der Waals surface area contributed by atoms with E-state index in [1.807, 2.05) is 30.3 Å². The first-order chi connectivity index (χ1) is 10.4. The Morgan fingerprint density at radius 2 is 1.64 bits per heavy atom. The maximum atomic E-state index is 12.4. The predicted molar refractivity (Wildman–Crippen MR) is 88.2 cm³/mol. The molecule has 0 spiro atoms. The SMILES string of the molecule is CN(CCOc1ccccc1)S(=O)(=O)c1cc(Cl)cc(Cl)c1. The fourth-order valence-corrected chi connectivity index (χ4v) is 3.67. The standard InChI is InChI=1S/C15H15Cl2NO3S/c1-18(7-8-21-14-5-3-2-4-6-14)22(19,20)15-10-12(16)9-13(17)11-15/h2-6,9-11H,7-8H2,1H3. The lowest BCUT2D eigenvalue weighted by atomic mass is 10.3. The maximum absolute atomic E-state index is 12.4. The molecule has 4 nitrogen and oxygen atoms in total. The van der Waals surface area contributed by atoms with Gasteiger partial charge in [-0.3, -0.25) is 0 Å². The largest absolute Gasteiger partial charge is 0.492 e. The van der Waals surface area contributed by atoms with Crippen molar-refractivity contribution in [2.75, 3.05) is 20.2 Å². The van der Waals surface area contributed by atoms with Crippen LogP contribution in [0.4, 0.5) is 0 Å². The van der Waals surface area contributed by atoms with Gasteiger partial charge in [0.25, 0.3) is 0 Å². The highest BCUT2D eigenvalue weighted by atomic mass is 35.5. The molecule has 0 atom stereocenters. The van der Waals surface area contributed by atoms with Crippen LogP contribution >= 0.6 is 23.2 Å². The lowest BCUT2D eigenvalue weighted by molar-refractivity contribution is 0.287. The molecule has 0 aliphatic carbocycles. The molecule has 118 valence electrons. The van der Waals surface area contributed by atoms with E-state index in [4.69, 9.17) is 27.9 Å². The molecule has 0 aliphatic rings. The Labute approximate surface area is 140 Å². The van der Waals surface area contributed by atoms with Crippen molar-refractivity contribution in [2.24, 2.45) is 0 Å². The molecule has 22 heavy (non-hydrogen) atoms. The van der Waals surface area contributed by atoms with Gasteiger partial charge in [-0.15, -0.1) is 0 Å². The molecule has 0 saturated heterocycles. The molecule has 0 fully saturated rings. The third-order valence-electron chi connectivity index (χ3n) is 2.96. The monoisotopic (exact) mass is 359 g/mol. The minimum Gasteiger partial charge on any atom is -0.492 e. The van der Waals surface area contributed by atoms with Crippen LogP contribution in [-0.2, 0) is 10.0 Å². The summed E-state index contributed by atoms with van der Waals surface area (Å²) < 4.78 is 31.6. The van der Waals surface area contributed by atoms with Crippen LogP contribution in [-0.4, -0.2) is 32.9 Å². The second-order valence-electron chi connectivity index (χ2n) is 4.59. The van der Waals surface area contributed by atoms with Crippen LogP contribution in [0.3, 0.4) is 0 Å². The van der Waals surface area contributed by atoms with Gasteiger partial charge >= 0.3 is 0 Å². The molecule has 0 aliphatic heterocycles. The van der Waals surface area contributed by atoms with Crippen LogP contribution in [0.25, 0.3) is 0 Å². The summed E-state index contributed by atoms with van der Waals surface area (Å²) in [5.41, 5.74) is 0. The topological polar surface area (TPSA) is 46.6 Å². The van der Waals surface area contributed by atoms with Gasteiger partial charge < -0.3 is 4.74 Å². The minimum absolute atomic E-state index is 0.0622. The molecule has 2 aromatic carbocycles. The zero-order chi connectivity index (χ0) is 16.2. The van der Waals surface area contributed by atoms with Gasteiger partial charge in [-0.1, -0.05) is 41.4 Å². The highest BCUT2D eigenvalue weighted by Gasteiger charge is 2.21. The Kier molecular flexibility index (Phi) is 5.69. The fourth-order valence-electron chi connectivity index (χ4n) is 1.79. The number of benzene rings is 2. The molecular weight excluding hydrogens is 345 g/mol. The van der Waals surface area contributed by atoms with Crippen molar-refractivity contribution >= 4 is 33.2 Å². The summed E-state index contributed by atoms with van der Waals surface area (Å²) in [6.45, 7) is 0.454. The molecule has 0 unspecified atom stereocenters. The van der Waals surface area contributed by atoms with Crippen LogP contribution in [0.5, 0.6) is 5.75 Å². The van der Waals surface area contributed by atoms with E-state index in [0.717, 1.165) is 0 Å². The van der Waals surface area contributed by atoms with E-state index in [0.29, 0.717) is 5.75 Å². The molecule has 0 bridgehead atoms. The normalized spacial score (nSPS) is 11.6. The number of hydrogen-bond acceptors (Lipinski definition) is 3. The van der Waals surface area contributed by atoms with Crippen molar-refractivity contribution in [3.63, 3.8) is 0 Å². The summed E-state index contributed by atoms with van der Waals surface area (Å²) in [5, 5.41) is 0.556. The Morgan fingerprint density at radius 3 is 2.23 bits per heavy atom. The summed E-state index contributed by atoms with van der Waals surface area (Å²) in [4.78, 5) is 0.0622. The van der Waals surface area contributed by atoms with Crippen molar-refractivity contribution in [1.29, 1.82) is 0 Å². The molecular formula is C15H15Cl2NO3S. The average molecular weight is 360 g/mol. The number of sulfonamides is 1. The molecule has 0 heterocycles. The van der Waals surface area contributed by atoms with Crippen LogP contribution in [0.2, 0.25) is 10.0 Å². The summed E-state index contributed by atoms with van der Waals surface area (Å²) in [6.07, 6.45) is 0. The van der Waals surface area contributed by atoms with Crippen molar-refractivity contribution < 1.29 is 13.2 Å². The van der Waals surface area contributed by atoms with Crippen LogP contribution in [0.1, 0.15) is 0 Å². The first-order valence-corrected chi connectivity index (χ1v) is 8.69. The Balaban J connectivity index is 2.02. The van der Waals surface area contributed by atoms with E-state index in [1.165, 1.54) is 29.6 Å².